The average molecular weight is 408 g/mol. The number of ether oxygens (including phenoxy) is 1. The van der Waals surface area contributed by atoms with Crippen molar-refractivity contribution in [2.75, 3.05) is 11.9 Å². The Morgan fingerprint density at radius 1 is 1.36 bits per heavy atom. The quantitative estimate of drug-likeness (QED) is 0.584. The number of nitrogens with one attached hydrogen (secondary N) is 1. The van der Waals surface area contributed by atoms with E-state index in [1.54, 1.807) is 24.4 Å². The summed E-state index contributed by atoms with van der Waals surface area (Å²) < 4.78 is 12.6. The number of carbonyl (C=O) groups excluding carboxylic acids is 2. The van der Waals surface area contributed by atoms with Gasteiger partial charge in [-0.15, -0.1) is 0 Å². The number of anilines is 1. The van der Waals surface area contributed by atoms with Crippen molar-refractivity contribution in [2.24, 2.45) is 0 Å². The summed E-state index contributed by atoms with van der Waals surface area (Å²) in [5, 5.41) is 7.02. The topological polar surface area (TPSA) is 86.4 Å². The van der Waals surface area contributed by atoms with Crippen LogP contribution in [-0.4, -0.2) is 28.3 Å². The van der Waals surface area contributed by atoms with Crippen molar-refractivity contribution in [1.29, 1.82) is 0 Å². The van der Waals surface area contributed by atoms with E-state index in [0.29, 0.717) is 22.3 Å². The molecule has 3 rings (SSSR count). The molecule has 0 bridgehead atoms. The van der Waals surface area contributed by atoms with E-state index in [-0.39, 0.29) is 6.61 Å². The Morgan fingerprint density at radius 2 is 2.16 bits per heavy atom. The van der Waals surface area contributed by atoms with Crippen LogP contribution >= 0.6 is 15.9 Å². The van der Waals surface area contributed by atoms with E-state index in [2.05, 4.69) is 26.3 Å². The van der Waals surface area contributed by atoms with E-state index in [1.165, 1.54) is 25.0 Å². The molecule has 7 nitrogen and oxygen atoms in total. The Hall–Kier alpha value is -2.35. The Morgan fingerprint density at radius 3 is 2.88 bits per heavy atom. The fourth-order valence-electron chi connectivity index (χ4n) is 2.78. The zero-order valence-electron chi connectivity index (χ0n) is 13.5. The minimum atomic E-state index is -0.619. The van der Waals surface area contributed by atoms with Crippen molar-refractivity contribution < 1.29 is 18.7 Å². The van der Waals surface area contributed by atoms with Crippen LogP contribution in [0.2, 0.25) is 0 Å². The van der Waals surface area contributed by atoms with Gasteiger partial charge in [-0.05, 0) is 47.0 Å². The number of nitrogens with zero attached hydrogens (tertiary/aromatic N) is 2. The lowest BCUT2D eigenvalue weighted by Crippen LogP contribution is -2.22. The average Bonchev–Trinajstić information content (AvgIpc) is 3.32. The van der Waals surface area contributed by atoms with E-state index in [1.807, 2.05) is 4.68 Å². The highest BCUT2D eigenvalue weighted by Crippen LogP contribution is 2.31. The SMILES string of the molecule is O=C(COC(=O)/C=C/c1ccc(Br)o1)Nc1ccnn1C1CCCC1. The third kappa shape index (κ3) is 4.82. The lowest BCUT2D eigenvalue weighted by Gasteiger charge is -2.14. The summed E-state index contributed by atoms with van der Waals surface area (Å²) in [5.74, 6) is 0.117. The van der Waals surface area contributed by atoms with Gasteiger partial charge < -0.3 is 14.5 Å². The lowest BCUT2D eigenvalue weighted by atomic mass is 10.2. The molecule has 25 heavy (non-hydrogen) atoms. The first-order valence-corrected chi connectivity index (χ1v) is 8.84. The zero-order chi connectivity index (χ0) is 17.6. The predicted molar refractivity (Wildman–Crippen MR) is 94.8 cm³/mol. The van der Waals surface area contributed by atoms with Gasteiger partial charge in [-0.25, -0.2) is 9.48 Å². The van der Waals surface area contributed by atoms with Gasteiger partial charge in [-0.1, -0.05) is 12.8 Å². The number of hydrogen-bond acceptors (Lipinski definition) is 5. The number of aromatic nitrogens is 2. The van der Waals surface area contributed by atoms with Crippen LogP contribution in [0, 0.1) is 0 Å². The van der Waals surface area contributed by atoms with Gasteiger partial charge in [0.2, 0.25) is 0 Å². The van der Waals surface area contributed by atoms with Crippen LogP contribution in [0.5, 0.6) is 0 Å². The van der Waals surface area contributed by atoms with Gasteiger partial charge in [0.15, 0.2) is 11.3 Å². The highest BCUT2D eigenvalue weighted by molar-refractivity contribution is 9.10. The minimum Gasteiger partial charge on any atom is -0.452 e. The lowest BCUT2D eigenvalue weighted by molar-refractivity contribution is -0.142. The number of amides is 1. The van der Waals surface area contributed by atoms with Gasteiger partial charge >= 0.3 is 5.97 Å². The molecular weight excluding hydrogens is 390 g/mol. The first kappa shape index (κ1) is 17.5. The van der Waals surface area contributed by atoms with Crippen molar-refractivity contribution in [3.8, 4) is 0 Å². The molecule has 0 atom stereocenters. The van der Waals surface area contributed by atoms with Crippen LogP contribution in [-0.2, 0) is 14.3 Å². The molecule has 0 saturated heterocycles. The van der Waals surface area contributed by atoms with Gasteiger partial charge in [0, 0.05) is 12.1 Å². The highest BCUT2D eigenvalue weighted by Gasteiger charge is 2.20. The van der Waals surface area contributed by atoms with Crippen LogP contribution in [0.25, 0.3) is 6.08 Å². The molecule has 2 aromatic heterocycles. The predicted octanol–water partition coefficient (Wildman–Crippen LogP) is 3.55. The van der Waals surface area contributed by atoms with E-state index in [0.717, 1.165) is 12.8 Å². The molecule has 1 aliphatic carbocycles. The summed E-state index contributed by atoms with van der Waals surface area (Å²) in [6.07, 6.45) is 8.81. The summed E-state index contributed by atoms with van der Waals surface area (Å²) in [6, 6.07) is 5.48. The van der Waals surface area contributed by atoms with Gasteiger partial charge in [-0.2, -0.15) is 5.10 Å². The summed E-state index contributed by atoms with van der Waals surface area (Å²) in [7, 11) is 0. The van der Waals surface area contributed by atoms with Crippen LogP contribution < -0.4 is 5.32 Å². The first-order valence-electron chi connectivity index (χ1n) is 8.05. The number of esters is 1. The minimum absolute atomic E-state index is 0.323. The molecule has 8 heteroatoms. The zero-order valence-corrected chi connectivity index (χ0v) is 15.1. The molecule has 1 N–H and O–H groups in total. The Labute approximate surface area is 153 Å². The monoisotopic (exact) mass is 407 g/mol. The molecule has 0 aliphatic heterocycles. The van der Waals surface area contributed by atoms with E-state index >= 15 is 0 Å². The number of carbonyl (C=O) groups is 2. The molecule has 1 amide bonds. The molecular formula is C17H18BrN3O4. The number of hydrogen-bond donors (Lipinski definition) is 1. The van der Waals surface area contributed by atoms with Gasteiger partial charge in [0.25, 0.3) is 5.91 Å². The third-order valence-corrected chi connectivity index (χ3v) is 4.36. The van der Waals surface area contributed by atoms with Crippen molar-refractivity contribution in [2.45, 2.75) is 31.7 Å². The fraction of sp³-hybridized carbons (Fsp3) is 0.353. The molecule has 132 valence electrons. The van der Waals surface area contributed by atoms with E-state index in [9.17, 15) is 9.59 Å². The van der Waals surface area contributed by atoms with Crippen molar-refractivity contribution in [1.82, 2.24) is 9.78 Å². The van der Waals surface area contributed by atoms with Crippen LogP contribution in [0.15, 0.2) is 39.6 Å². The van der Waals surface area contributed by atoms with E-state index in [4.69, 9.17) is 9.15 Å². The molecule has 1 fully saturated rings. The maximum atomic E-state index is 12.0. The van der Waals surface area contributed by atoms with Gasteiger partial charge in [0.1, 0.15) is 11.6 Å². The number of rotatable bonds is 6. The summed E-state index contributed by atoms with van der Waals surface area (Å²) in [5.41, 5.74) is 0. The second-order valence-electron chi connectivity index (χ2n) is 5.73. The normalized spacial score (nSPS) is 14.9. The Kier molecular flexibility index (Phi) is 5.70. The largest absolute Gasteiger partial charge is 0.452 e. The molecule has 2 heterocycles. The summed E-state index contributed by atoms with van der Waals surface area (Å²) in [4.78, 5) is 23.6. The number of halogens is 1. The molecule has 0 aromatic carbocycles. The maximum Gasteiger partial charge on any atom is 0.331 e. The van der Waals surface area contributed by atoms with Crippen molar-refractivity contribution >= 4 is 39.7 Å². The fourth-order valence-corrected chi connectivity index (χ4v) is 3.10. The molecule has 0 unspecified atom stereocenters. The molecule has 0 radical (unpaired) electrons. The molecule has 2 aromatic rings. The van der Waals surface area contributed by atoms with Crippen molar-refractivity contribution in [3.63, 3.8) is 0 Å². The third-order valence-electron chi connectivity index (χ3n) is 3.93. The molecule has 1 saturated carbocycles. The van der Waals surface area contributed by atoms with Crippen LogP contribution in [0.4, 0.5) is 5.82 Å². The second kappa shape index (κ2) is 8.15. The Bertz CT molecular complexity index is 774. The molecule has 1 aliphatic rings. The standard InChI is InChI=1S/C17H18BrN3O4/c18-14-7-5-13(25-14)6-8-17(23)24-11-16(22)20-15-9-10-19-21(15)12-3-1-2-4-12/h5-10,12H,1-4,11H2,(H,20,22)/b8-6+. The highest BCUT2D eigenvalue weighted by atomic mass is 79.9. The smallest absolute Gasteiger partial charge is 0.331 e. The van der Waals surface area contributed by atoms with Gasteiger partial charge in [0.05, 0.1) is 12.2 Å². The van der Waals surface area contributed by atoms with E-state index < -0.39 is 11.9 Å². The summed E-state index contributed by atoms with van der Waals surface area (Å²) >= 11 is 3.17. The summed E-state index contributed by atoms with van der Waals surface area (Å²) in [6.45, 7) is -0.360. The molecule has 0 spiro atoms. The van der Waals surface area contributed by atoms with Crippen LogP contribution in [0.1, 0.15) is 37.5 Å². The van der Waals surface area contributed by atoms with Crippen LogP contribution in [0.3, 0.4) is 0 Å². The number of furan rings is 1. The Balaban J connectivity index is 1.47. The second-order valence-corrected chi connectivity index (χ2v) is 6.51. The first-order chi connectivity index (χ1) is 12.1. The van der Waals surface area contributed by atoms with Crippen molar-refractivity contribution in [3.05, 3.63) is 40.9 Å². The maximum absolute atomic E-state index is 12.0. The van der Waals surface area contributed by atoms with Gasteiger partial charge in [-0.3, -0.25) is 4.79 Å².